The van der Waals surface area contributed by atoms with Crippen LogP contribution in [0.1, 0.15) is 37.5 Å². The van der Waals surface area contributed by atoms with Crippen molar-refractivity contribution in [2.75, 3.05) is 14.2 Å². The molecule has 4 rings (SSSR count). The zero-order chi connectivity index (χ0) is 20.6. The molecule has 3 atom stereocenters. The molecular formula is C22H25BO6. The van der Waals surface area contributed by atoms with E-state index in [4.69, 9.17) is 23.5 Å². The summed E-state index contributed by atoms with van der Waals surface area (Å²) < 4.78 is 29.8. The van der Waals surface area contributed by atoms with Gasteiger partial charge in [0.25, 0.3) is 0 Å². The molecule has 2 aromatic rings. The summed E-state index contributed by atoms with van der Waals surface area (Å²) in [5, 5.41) is 0. The van der Waals surface area contributed by atoms with E-state index < -0.39 is 18.8 Å². The number of fused-ring (bicyclic) bond motifs is 4. The lowest BCUT2D eigenvalue weighted by Gasteiger charge is -2.50. The van der Waals surface area contributed by atoms with E-state index in [0.29, 0.717) is 12.8 Å². The van der Waals surface area contributed by atoms with E-state index in [9.17, 15) is 4.79 Å². The van der Waals surface area contributed by atoms with Crippen LogP contribution in [0, 0.1) is 0 Å². The summed E-state index contributed by atoms with van der Waals surface area (Å²) in [7, 11) is 2.72. The molecule has 2 bridgehead atoms. The van der Waals surface area contributed by atoms with Gasteiger partial charge in [-0.1, -0.05) is 30.3 Å². The topological polar surface area (TPSA) is 63.2 Å². The van der Waals surface area contributed by atoms with Gasteiger partial charge >= 0.3 is 13.1 Å². The van der Waals surface area contributed by atoms with Crippen molar-refractivity contribution < 1.29 is 28.3 Å². The van der Waals surface area contributed by atoms with Crippen molar-refractivity contribution in [2.45, 2.75) is 44.5 Å². The van der Waals surface area contributed by atoms with Gasteiger partial charge in [0, 0.05) is 30.9 Å². The number of methoxy groups -OCH3 is 2. The smallest absolute Gasteiger partial charge is 0.494 e. The maximum atomic E-state index is 11.7. The first-order chi connectivity index (χ1) is 14.0. The molecule has 1 fully saturated rings. The standard InChI is InChI=1S/C22H25BO6/c1-14(27-15(2)24)22-12-17-18(25-3)10-11-19(26-4)21(17)20(13-22)28-23(29-22)16-8-6-5-7-9-16/h5-11,14,20H,12-13H2,1-4H3/t14-,20-,22-/m0/s1. The van der Waals surface area contributed by atoms with Gasteiger partial charge in [0.05, 0.1) is 25.9 Å². The lowest BCUT2D eigenvalue weighted by Crippen LogP contribution is -2.60. The highest BCUT2D eigenvalue weighted by molar-refractivity contribution is 6.61. The number of hydrogen-bond donors (Lipinski definition) is 0. The van der Waals surface area contributed by atoms with Crippen LogP contribution in [-0.4, -0.2) is 39.0 Å². The third kappa shape index (κ3) is 3.49. The maximum Gasteiger partial charge on any atom is 0.494 e. The number of ether oxygens (including phenoxy) is 3. The zero-order valence-electron chi connectivity index (χ0n) is 17.1. The molecular weight excluding hydrogens is 371 g/mol. The molecule has 1 saturated heterocycles. The van der Waals surface area contributed by atoms with Gasteiger partial charge in [-0.15, -0.1) is 0 Å². The fourth-order valence-electron chi connectivity index (χ4n) is 4.43. The number of carbonyl (C=O) groups is 1. The van der Waals surface area contributed by atoms with E-state index in [0.717, 1.165) is 28.1 Å². The van der Waals surface area contributed by atoms with Crippen molar-refractivity contribution in [3.8, 4) is 11.5 Å². The molecule has 0 radical (unpaired) electrons. The molecule has 0 amide bonds. The quantitative estimate of drug-likeness (QED) is 0.572. The molecule has 0 spiro atoms. The number of carbonyl (C=O) groups excluding carboxylic acids is 1. The van der Waals surface area contributed by atoms with Crippen LogP contribution in [0.25, 0.3) is 0 Å². The highest BCUT2D eigenvalue weighted by atomic mass is 16.6. The minimum absolute atomic E-state index is 0.277. The van der Waals surface area contributed by atoms with Crippen molar-refractivity contribution in [1.82, 2.24) is 0 Å². The normalized spacial score (nSPS) is 23.7. The second kappa shape index (κ2) is 7.73. The molecule has 1 heterocycles. The van der Waals surface area contributed by atoms with Crippen molar-refractivity contribution >= 4 is 18.6 Å². The van der Waals surface area contributed by atoms with Gasteiger partial charge < -0.3 is 23.5 Å². The second-order valence-electron chi connectivity index (χ2n) is 7.54. The molecule has 152 valence electrons. The molecule has 1 aliphatic carbocycles. The van der Waals surface area contributed by atoms with Gasteiger partial charge in [-0.2, -0.15) is 0 Å². The van der Waals surface area contributed by atoms with E-state index in [-0.39, 0.29) is 12.1 Å². The van der Waals surface area contributed by atoms with Gasteiger partial charge in [0.2, 0.25) is 0 Å². The Balaban J connectivity index is 1.83. The van der Waals surface area contributed by atoms with E-state index in [1.54, 1.807) is 14.2 Å². The first-order valence-corrected chi connectivity index (χ1v) is 9.76. The molecule has 0 aromatic heterocycles. The minimum atomic E-state index is -0.734. The Morgan fingerprint density at radius 1 is 1.14 bits per heavy atom. The van der Waals surface area contributed by atoms with Crippen LogP contribution in [-0.2, 0) is 25.3 Å². The van der Waals surface area contributed by atoms with Crippen LogP contribution in [0.2, 0.25) is 0 Å². The van der Waals surface area contributed by atoms with Gasteiger partial charge in [-0.3, -0.25) is 4.79 Å². The highest BCUT2D eigenvalue weighted by Crippen LogP contribution is 2.51. The summed E-state index contributed by atoms with van der Waals surface area (Å²) in [4.78, 5) is 11.7. The number of hydrogen-bond acceptors (Lipinski definition) is 6. The maximum absolute atomic E-state index is 11.7. The summed E-state index contributed by atoms with van der Waals surface area (Å²) in [6.07, 6.45) is 0.351. The van der Waals surface area contributed by atoms with Gasteiger partial charge in [0.15, 0.2) is 0 Å². The Kier molecular flexibility index (Phi) is 5.27. The summed E-state index contributed by atoms with van der Waals surface area (Å²) in [5.41, 5.74) is 2.12. The Hall–Kier alpha value is -2.51. The van der Waals surface area contributed by atoms with Gasteiger partial charge in [-0.05, 0) is 24.5 Å². The van der Waals surface area contributed by atoms with Gasteiger partial charge in [-0.25, -0.2) is 0 Å². The molecule has 7 heteroatoms. The van der Waals surface area contributed by atoms with Crippen molar-refractivity contribution in [3.63, 3.8) is 0 Å². The number of benzene rings is 2. The van der Waals surface area contributed by atoms with Crippen molar-refractivity contribution in [1.29, 1.82) is 0 Å². The average Bonchev–Trinajstić information content (AvgIpc) is 2.72. The number of esters is 1. The van der Waals surface area contributed by atoms with Crippen molar-refractivity contribution in [3.05, 3.63) is 53.6 Å². The molecule has 2 aromatic carbocycles. The Bertz CT molecular complexity index is 902. The van der Waals surface area contributed by atoms with E-state index >= 15 is 0 Å². The van der Waals surface area contributed by atoms with Crippen LogP contribution < -0.4 is 14.9 Å². The number of rotatable bonds is 5. The average molecular weight is 396 g/mol. The molecule has 2 aliphatic rings. The van der Waals surface area contributed by atoms with Crippen LogP contribution >= 0.6 is 0 Å². The molecule has 6 nitrogen and oxygen atoms in total. The highest BCUT2D eigenvalue weighted by Gasteiger charge is 2.54. The molecule has 0 unspecified atom stereocenters. The predicted molar refractivity (Wildman–Crippen MR) is 109 cm³/mol. The lowest BCUT2D eigenvalue weighted by atomic mass is 9.67. The molecule has 0 saturated carbocycles. The Morgan fingerprint density at radius 3 is 2.48 bits per heavy atom. The Morgan fingerprint density at radius 2 is 1.83 bits per heavy atom. The van der Waals surface area contributed by atoms with E-state index in [1.165, 1.54) is 6.92 Å². The van der Waals surface area contributed by atoms with Gasteiger partial charge in [0.1, 0.15) is 17.6 Å². The third-order valence-corrected chi connectivity index (χ3v) is 5.83. The van der Waals surface area contributed by atoms with E-state index in [2.05, 4.69) is 0 Å². The first-order valence-electron chi connectivity index (χ1n) is 9.76. The van der Waals surface area contributed by atoms with Crippen LogP contribution in [0.3, 0.4) is 0 Å². The lowest BCUT2D eigenvalue weighted by molar-refractivity contribution is -0.171. The molecule has 1 aliphatic heterocycles. The predicted octanol–water partition coefficient (Wildman–Crippen LogP) is 2.82. The summed E-state index contributed by atoms with van der Waals surface area (Å²) >= 11 is 0. The Labute approximate surface area is 171 Å². The SMILES string of the molecule is COc1ccc(OC)c2c1C[C@@]1([C@H](C)OC(C)=O)C[C@@H]2OB(c2ccccc2)O1. The third-order valence-electron chi connectivity index (χ3n) is 5.83. The largest absolute Gasteiger partial charge is 0.496 e. The fourth-order valence-corrected chi connectivity index (χ4v) is 4.43. The summed E-state index contributed by atoms with van der Waals surface area (Å²) in [6, 6.07) is 13.6. The fraction of sp³-hybridized carbons (Fsp3) is 0.409. The molecule has 29 heavy (non-hydrogen) atoms. The van der Waals surface area contributed by atoms with Crippen molar-refractivity contribution in [2.24, 2.45) is 0 Å². The van der Waals surface area contributed by atoms with Crippen LogP contribution in [0.5, 0.6) is 11.5 Å². The first kappa shape index (κ1) is 19.8. The second-order valence-corrected chi connectivity index (χ2v) is 7.54. The van der Waals surface area contributed by atoms with Crippen LogP contribution in [0.15, 0.2) is 42.5 Å². The van der Waals surface area contributed by atoms with E-state index in [1.807, 2.05) is 49.4 Å². The summed E-state index contributed by atoms with van der Waals surface area (Å²) in [6.45, 7) is 3.29. The van der Waals surface area contributed by atoms with Crippen LogP contribution in [0.4, 0.5) is 0 Å². The zero-order valence-corrected chi connectivity index (χ0v) is 17.1. The monoisotopic (exact) mass is 396 g/mol. The minimum Gasteiger partial charge on any atom is -0.496 e. The summed E-state index contributed by atoms with van der Waals surface area (Å²) in [5.74, 6) is 1.17. The molecule has 0 N–H and O–H groups in total.